The van der Waals surface area contributed by atoms with Gasteiger partial charge in [-0.25, -0.2) is 0 Å². The van der Waals surface area contributed by atoms with E-state index in [1.165, 1.54) is 83.8 Å². The number of nitrogens with zero attached hydrogens (tertiary/aromatic N) is 2. The molecule has 158 valence electrons. The highest BCUT2D eigenvalue weighted by Gasteiger charge is 2.40. The summed E-state index contributed by atoms with van der Waals surface area (Å²) in [6, 6.07) is 0.741. The van der Waals surface area contributed by atoms with Crippen LogP contribution in [-0.2, 0) is 4.79 Å². The third-order valence-corrected chi connectivity index (χ3v) is 7.21. The summed E-state index contributed by atoms with van der Waals surface area (Å²) >= 11 is 0. The lowest BCUT2D eigenvalue weighted by atomic mass is 9.85. The van der Waals surface area contributed by atoms with Crippen molar-refractivity contribution in [2.75, 3.05) is 32.7 Å². The lowest BCUT2D eigenvalue weighted by Crippen LogP contribution is -2.50. The Morgan fingerprint density at radius 2 is 1.59 bits per heavy atom. The SMILES string of the molecule is Cl.Cl.O=C(C1CC2CCCCC2N1)N1CCCC(CN2CCCCCC2)C1. The third-order valence-electron chi connectivity index (χ3n) is 7.21. The number of nitrogens with one attached hydrogen (secondary N) is 1. The van der Waals surface area contributed by atoms with Gasteiger partial charge in [-0.05, 0) is 69.9 Å². The van der Waals surface area contributed by atoms with E-state index in [0.29, 0.717) is 17.9 Å². The molecule has 4 aliphatic rings. The maximum Gasteiger partial charge on any atom is 0.239 e. The fourth-order valence-corrected chi connectivity index (χ4v) is 5.83. The second-order valence-corrected chi connectivity index (χ2v) is 9.11. The van der Waals surface area contributed by atoms with Crippen molar-refractivity contribution in [1.82, 2.24) is 15.1 Å². The van der Waals surface area contributed by atoms with Crippen molar-refractivity contribution in [1.29, 1.82) is 0 Å². The van der Waals surface area contributed by atoms with Crippen LogP contribution in [0.25, 0.3) is 0 Å². The van der Waals surface area contributed by atoms with Crippen LogP contribution in [-0.4, -0.2) is 60.5 Å². The Morgan fingerprint density at radius 3 is 2.33 bits per heavy atom. The molecular weight excluding hydrogens is 381 g/mol. The molecule has 3 saturated heterocycles. The molecule has 0 spiro atoms. The Labute approximate surface area is 178 Å². The van der Waals surface area contributed by atoms with E-state index < -0.39 is 0 Å². The van der Waals surface area contributed by atoms with E-state index in [-0.39, 0.29) is 30.9 Å². The van der Waals surface area contributed by atoms with Gasteiger partial charge in [0.2, 0.25) is 5.91 Å². The first-order valence-corrected chi connectivity index (χ1v) is 11.1. The van der Waals surface area contributed by atoms with Crippen molar-refractivity contribution in [3.63, 3.8) is 0 Å². The lowest BCUT2D eigenvalue weighted by molar-refractivity contribution is -0.135. The molecule has 4 nitrogen and oxygen atoms in total. The normalized spacial score (nSPS) is 34.7. The lowest BCUT2D eigenvalue weighted by Gasteiger charge is -2.36. The fourth-order valence-electron chi connectivity index (χ4n) is 5.83. The zero-order chi connectivity index (χ0) is 17.1. The van der Waals surface area contributed by atoms with Crippen LogP contribution in [0.5, 0.6) is 0 Å². The highest BCUT2D eigenvalue weighted by molar-refractivity contribution is 5.85. The average molecular weight is 420 g/mol. The number of hydrogen-bond acceptors (Lipinski definition) is 3. The Morgan fingerprint density at radius 1 is 0.852 bits per heavy atom. The van der Waals surface area contributed by atoms with Gasteiger partial charge in [0, 0.05) is 25.7 Å². The molecule has 0 radical (unpaired) electrons. The summed E-state index contributed by atoms with van der Waals surface area (Å²) in [5.74, 6) is 1.87. The van der Waals surface area contributed by atoms with Crippen LogP contribution in [0.2, 0.25) is 0 Å². The summed E-state index contributed by atoms with van der Waals surface area (Å²) in [5, 5.41) is 3.69. The first kappa shape index (κ1) is 23.3. The molecule has 4 unspecified atom stereocenters. The number of fused-ring (bicyclic) bond motifs is 1. The molecule has 0 bridgehead atoms. The van der Waals surface area contributed by atoms with E-state index in [1.807, 2.05) is 0 Å². The first-order valence-electron chi connectivity index (χ1n) is 11.1. The topological polar surface area (TPSA) is 35.6 Å². The molecule has 6 heteroatoms. The molecule has 1 aliphatic carbocycles. The zero-order valence-electron chi connectivity index (χ0n) is 16.7. The minimum absolute atomic E-state index is 0. The van der Waals surface area contributed by atoms with Crippen LogP contribution >= 0.6 is 24.8 Å². The van der Waals surface area contributed by atoms with Gasteiger partial charge in [0.25, 0.3) is 0 Å². The Hall–Kier alpha value is -0.0300. The highest BCUT2D eigenvalue weighted by atomic mass is 35.5. The van der Waals surface area contributed by atoms with Crippen molar-refractivity contribution in [2.24, 2.45) is 11.8 Å². The number of hydrogen-bond donors (Lipinski definition) is 1. The van der Waals surface area contributed by atoms with Crippen molar-refractivity contribution in [3.8, 4) is 0 Å². The molecule has 4 rings (SSSR count). The molecule has 27 heavy (non-hydrogen) atoms. The number of carbonyl (C=O) groups excluding carboxylic acids is 1. The molecule has 0 aromatic rings. The minimum atomic E-state index is 0. The first-order chi connectivity index (χ1) is 12.3. The van der Waals surface area contributed by atoms with E-state index in [0.717, 1.165) is 25.4 Å². The molecule has 1 amide bonds. The summed E-state index contributed by atoms with van der Waals surface area (Å²) in [7, 11) is 0. The van der Waals surface area contributed by atoms with E-state index in [4.69, 9.17) is 0 Å². The number of halogens is 2. The minimum Gasteiger partial charge on any atom is -0.341 e. The fraction of sp³-hybridized carbons (Fsp3) is 0.952. The quantitative estimate of drug-likeness (QED) is 0.753. The van der Waals surface area contributed by atoms with Crippen LogP contribution in [0.1, 0.15) is 70.6 Å². The van der Waals surface area contributed by atoms with Crippen molar-refractivity contribution < 1.29 is 4.79 Å². The Kier molecular flexibility index (Phi) is 9.67. The summed E-state index contributed by atoms with van der Waals surface area (Å²) in [6.07, 6.45) is 14.5. The maximum atomic E-state index is 13.1. The van der Waals surface area contributed by atoms with Crippen molar-refractivity contribution in [2.45, 2.75) is 82.7 Å². The number of carbonyl (C=O) groups is 1. The molecule has 0 aromatic heterocycles. The van der Waals surface area contributed by atoms with Crippen molar-refractivity contribution in [3.05, 3.63) is 0 Å². The van der Waals surface area contributed by atoms with E-state index in [1.54, 1.807) is 0 Å². The van der Waals surface area contributed by atoms with Crippen LogP contribution in [0, 0.1) is 11.8 Å². The van der Waals surface area contributed by atoms with Gasteiger partial charge >= 0.3 is 0 Å². The van der Waals surface area contributed by atoms with E-state index in [2.05, 4.69) is 15.1 Å². The summed E-state index contributed by atoms with van der Waals surface area (Å²) < 4.78 is 0. The van der Waals surface area contributed by atoms with Gasteiger partial charge in [-0.15, -0.1) is 24.8 Å². The molecule has 1 N–H and O–H groups in total. The van der Waals surface area contributed by atoms with Gasteiger partial charge in [-0.2, -0.15) is 0 Å². The van der Waals surface area contributed by atoms with Gasteiger partial charge in [0.15, 0.2) is 0 Å². The van der Waals surface area contributed by atoms with Gasteiger partial charge in [0.05, 0.1) is 6.04 Å². The molecule has 0 aromatic carbocycles. The van der Waals surface area contributed by atoms with E-state index in [9.17, 15) is 4.79 Å². The molecule has 4 atom stereocenters. The van der Waals surface area contributed by atoms with Crippen LogP contribution in [0.3, 0.4) is 0 Å². The van der Waals surface area contributed by atoms with Gasteiger partial charge < -0.3 is 15.1 Å². The van der Waals surface area contributed by atoms with Crippen molar-refractivity contribution >= 4 is 30.7 Å². The number of likely N-dealkylation sites (tertiary alicyclic amines) is 2. The third kappa shape index (κ3) is 5.98. The number of amides is 1. The summed E-state index contributed by atoms with van der Waals surface area (Å²) in [5.41, 5.74) is 0. The van der Waals surface area contributed by atoms with Crippen LogP contribution < -0.4 is 5.32 Å². The van der Waals surface area contributed by atoms with Crippen LogP contribution in [0.15, 0.2) is 0 Å². The zero-order valence-corrected chi connectivity index (χ0v) is 18.4. The monoisotopic (exact) mass is 419 g/mol. The summed E-state index contributed by atoms with van der Waals surface area (Å²) in [4.78, 5) is 18.0. The maximum absolute atomic E-state index is 13.1. The molecule has 3 heterocycles. The summed E-state index contributed by atoms with van der Waals surface area (Å²) in [6.45, 7) is 5.76. The van der Waals surface area contributed by atoms with Gasteiger partial charge in [-0.1, -0.05) is 25.7 Å². The molecule has 4 fully saturated rings. The number of rotatable bonds is 3. The Balaban J connectivity index is 0.00000131. The smallest absolute Gasteiger partial charge is 0.239 e. The predicted octanol–water partition coefficient (Wildman–Crippen LogP) is 3.87. The van der Waals surface area contributed by atoms with Gasteiger partial charge in [-0.3, -0.25) is 4.79 Å². The molecule has 3 aliphatic heterocycles. The Bertz CT molecular complexity index is 443. The standard InChI is InChI=1S/C21H37N3O.2ClH/c25-21(20-14-18-9-3-4-10-19(18)22-20)24-13-7-8-17(16-24)15-23-11-5-1-2-6-12-23;;/h17-20,22H,1-16H2;2*1H. The van der Waals surface area contributed by atoms with Gasteiger partial charge in [0.1, 0.15) is 0 Å². The second-order valence-electron chi connectivity index (χ2n) is 9.11. The second kappa shape index (κ2) is 11.2. The predicted molar refractivity (Wildman–Crippen MR) is 116 cm³/mol. The molecule has 1 saturated carbocycles. The molecular formula is C21H39Cl2N3O. The van der Waals surface area contributed by atoms with E-state index >= 15 is 0 Å². The average Bonchev–Trinajstić information content (AvgIpc) is 2.92. The number of piperidine rings is 1. The van der Waals surface area contributed by atoms with Crippen LogP contribution in [0.4, 0.5) is 0 Å². The largest absolute Gasteiger partial charge is 0.341 e. The highest BCUT2D eigenvalue weighted by Crippen LogP contribution is 2.34.